The molecule has 142 valence electrons. The van der Waals surface area contributed by atoms with Crippen LogP contribution in [0.5, 0.6) is 0 Å². The molecule has 4 atom stereocenters. The van der Waals surface area contributed by atoms with Crippen LogP contribution < -0.4 is 0 Å². The number of esters is 3. The van der Waals surface area contributed by atoms with Gasteiger partial charge in [0.25, 0.3) is 5.82 Å². The first-order chi connectivity index (χ1) is 12.2. The Labute approximate surface area is 147 Å². The highest BCUT2D eigenvalue weighted by Gasteiger charge is 2.51. The lowest BCUT2D eigenvalue weighted by Gasteiger charge is -2.23. The van der Waals surface area contributed by atoms with Crippen molar-refractivity contribution in [2.75, 3.05) is 6.61 Å². The van der Waals surface area contributed by atoms with Crippen LogP contribution in [0.2, 0.25) is 0 Å². The number of carbonyl (C=O) groups excluding carboxylic acids is 3. The molecule has 2 rings (SSSR count). The van der Waals surface area contributed by atoms with Crippen LogP contribution in [0.3, 0.4) is 0 Å². The predicted molar refractivity (Wildman–Crippen MR) is 78.6 cm³/mol. The molecule has 2 heterocycles. The Morgan fingerprint density at radius 1 is 1.12 bits per heavy atom. The Bertz CT molecular complexity index is 716. The molecule has 1 N–H and O–H groups in total. The maximum Gasteiger partial charge on any atom is 0.375 e. The van der Waals surface area contributed by atoms with Crippen LogP contribution >= 0.6 is 0 Å². The Morgan fingerprint density at radius 2 is 1.73 bits per heavy atom. The lowest BCUT2D eigenvalue weighted by molar-refractivity contribution is -0.166. The van der Waals surface area contributed by atoms with Crippen LogP contribution in [-0.2, 0) is 33.3 Å². The zero-order valence-electron chi connectivity index (χ0n) is 14.1. The quantitative estimate of drug-likeness (QED) is 0.498. The average molecular weight is 371 g/mol. The van der Waals surface area contributed by atoms with E-state index in [1.54, 1.807) is 0 Å². The molecule has 0 bridgehead atoms. The molecule has 26 heavy (non-hydrogen) atoms. The topological polar surface area (TPSA) is 156 Å². The minimum absolute atomic E-state index is 0.276. The van der Waals surface area contributed by atoms with Gasteiger partial charge >= 0.3 is 23.9 Å². The van der Waals surface area contributed by atoms with E-state index in [0.717, 1.165) is 24.9 Å². The van der Waals surface area contributed by atoms with Crippen molar-refractivity contribution in [3.05, 3.63) is 12.2 Å². The molecule has 0 radical (unpaired) electrons. The third-order valence-corrected chi connectivity index (χ3v) is 3.30. The number of carboxylic acids is 1. The summed E-state index contributed by atoms with van der Waals surface area (Å²) in [5.74, 6) is -3.81. The Kier molecular flexibility index (Phi) is 5.87. The molecule has 1 aliphatic heterocycles. The molecule has 12 heteroatoms. The van der Waals surface area contributed by atoms with Gasteiger partial charge in [-0.05, 0) is 0 Å². The molecule has 1 saturated heterocycles. The van der Waals surface area contributed by atoms with Gasteiger partial charge in [0.1, 0.15) is 19.0 Å². The molecule has 0 aromatic carbocycles. The molecule has 1 aromatic heterocycles. The van der Waals surface area contributed by atoms with E-state index in [4.69, 9.17) is 24.1 Å². The SMILES string of the molecule is CC(=O)OC[C@H]1O[C@@H](n2cnc(C(=O)O)n2)[C@H](OC(C)=O)[C@@H]1OC(C)=O. The predicted octanol–water partition coefficient (Wildman–Crippen LogP) is -0.700. The average Bonchev–Trinajstić information content (AvgIpc) is 3.11. The van der Waals surface area contributed by atoms with Crippen LogP contribution in [0, 0.1) is 0 Å². The summed E-state index contributed by atoms with van der Waals surface area (Å²) in [4.78, 5) is 48.5. The highest BCUT2D eigenvalue weighted by Crippen LogP contribution is 2.33. The molecule has 0 saturated carbocycles. The second-order valence-electron chi connectivity index (χ2n) is 5.37. The van der Waals surface area contributed by atoms with E-state index in [0.29, 0.717) is 0 Å². The summed E-state index contributed by atoms with van der Waals surface area (Å²) in [6.45, 7) is 3.21. The number of hydrogen-bond acceptors (Lipinski definition) is 10. The summed E-state index contributed by atoms with van der Waals surface area (Å²) >= 11 is 0. The number of hydrogen-bond donors (Lipinski definition) is 1. The van der Waals surface area contributed by atoms with Gasteiger partial charge in [0.05, 0.1) is 0 Å². The van der Waals surface area contributed by atoms with Gasteiger partial charge in [0.15, 0.2) is 18.4 Å². The smallest absolute Gasteiger partial charge is 0.375 e. The lowest BCUT2D eigenvalue weighted by atomic mass is 10.1. The second kappa shape index (κ2) is 7.91. The number of ether oxygens (including phenoxy) is 4. The monoisotopic (exact) mass is 371 g/mol. The molecular weight excluding hydrogens is 354 g/mol. The van der Waals surface area contributed by atoms with E-state index in [9.17, 15) is 19.2 Å². The molecule has 1 aliphatic rings. The fourth-order valence-electron chi connectivity index (χ4n) is 2.40. The molecule has 0 spiro atoms. The van der Waals surface area contributed by atoms with Gasteiger partial charge in [-0.15, -0.1) is 5.10 Å². The minimum Gasteiger partial charge on any atom is -0.475 e. The number of nitrogens with zero attached hydrogens (tertiary/aromatic N) is 3. The van der Waals surface area contributed by atoms with Gasteiger partial charge in [0, 0.05) is 20.8 Å². The van der Waals surface area contributed by atoms with Crippen molar-refractivity contribution in [1.82, 2.24) is 14.8 Å². The van der Waals surface area contributed by atoms with Gasteiger partial charge in [0.2, 0.25) is 0 Å². The van der Waals surface area contributed by atoms with E-state index in [1.807, 2.05) is 0 Å². The number of aromatic carboxylic acids is 1. The lowest BCUT2D eigenvalue weighted by Crippen LogP contribution is -2.40. The largest absolute Gasteiger partial charge is 0.475 e. The van der Waals surface area contributed by atoms with Crippen molar-refractivity contribution in [3.63, 3.8) is 0 Å². The van der Waals surface area contributed by atoms with Crippen molar-refractivity contribution in [2.24, 2.45) is 0 Å². The van der Waals surface area contributed by atoms with Gasteiger partial charge in [-0.1, -0.05) is 0 Å². The van der Waals surface area contributed by atoms with Crippen LogP contribution in [0.25, 0.3) is 0 Å². The zero-order valence-corrected chi connectivity index (χ0v) is 14.1. The van der Waals surface area contributed by atoms with Crippen molar-refractivity contribution in [3.8, 4) is 0 Å². The van der Waals surface area contributed by atoms with E-state index in [2.05, 4.69) is 10.1 Å². The number of aromatic nitrogens is 3. The fraction of sp³-hybridized carbons (Fsp3) is 0.571. The standard InChI is InChI=1S/C14H17N3O9/c1-6(18)23-4-9-10(24-7(2)19)11(25-8(3)20)13(26-9)17-5-15-12(16-17)14(21)22/h5,9-11,13H,4H2,1-3H3,(H,21,22)/t9-,10-,11-,13-/m1/s1. The van der Waals surface area contributed by atoms with E-state index in [-0.39, 0.29) is 6.61 Å². The molecule has 0 unspecified atom stereocenters. The first-order valence-corrected chi connectivity index (χ1v) is 7.46. The molecular formula is C14H17N3O9. The summed E-state index contributed by atoms with van der Waals surface area (Å²) in [6, 6.07) is 0. The van der Waals surface area contributed by atoms with E-state index in [1.165, 1.54) is 6.92 Å². The number of carbonyl (C=O) groups is 4. The molecule has 0 aliphatic carbocycles. The van der Waals surface area contributed by atoms with Gasteiger partial charge in [-0.25, -0.2) is 14.5 Å². The highest BCUT2D eigenvalue weighted by molar-refractivity contribution is 5.82. The first kappa shape index (κ1) is 19.3. The van der Waals surface area contributed by atoms with E-state index < -0.39 is 54.2 Å². The summed E-state index contributed by atoms with van der Waals surface area (Å²) < 4.78 is 21.9. The highest BCUT2D eigenvalue weighted by atomic mass is 16.7. The maximum absolute atomic E-state index is 11.5. The Hall–Kier alpha value is -3.02. The van der Waals surface area contributed by atoms with Crippen LogP contribution in [0.15, 0.2) is 6.33 Å². The van der Waals surface area contributed by atoms with Gasteiger partial charge in [-0.3, -0.25) is 14.4 Å². The van der Waals surface area contributed by atoms with Gasteiger partial charge in [-0.2, -0.15) is 0 Å². The normalized spacial score (nSPS) is 24.7. The summed E-state index contributed by atoms with van der Waals surface area (Å²) in [6.07, 6.45) is -3.28. The Morgan fingerprint density at radius 3 is 2.23 bits per heavy atom. The first-order valence-electron chi connectivity index (χ1n) is 7.46. The summed E-state index contributed by atoms with van der Waals surface area (Å²) in [5.41, 5.74) is 0. The zero-order chi connectivity index (χ0) is 19.4. The Balaban J connectivity index is 2.33. The fourth-order valence-corrected chi connectivity index (χ4v) is 2.40. The number of rotatable bonds is 6. The third-order valence-electron chi connectivity index (χ3n) is 3.30. The molecule has 1 aromatic rings. The molecule has 1 fully saturated rings. The van der Waals surface area contributed by atoms with Crippen LogP contribution in [0.1, 0.15) is 37.6 Å². The van der Waals surface area contributed by atoms with Crippen LogP contribution in [-0.4, -0.2) is 68.7 Å². The van der Waals surface area contributed by atoms with Crippen molar-refractivity contribution < 1.29 is 43.2 Å². The molecule has 0 amide bonds. The summed E-state index contributed by atoms with van der Waals surface area (Å²) in [5, 5.41) is 12.7. The number of carboxylic acid groups (broad SMARTS) is 1. The second-order valence-corrected chi connectivity index (χ2v) is 5.37. The maximum atomic E-state index is 11.5. The van der Waals surface area contributed by atoms with Crippen molar-refractivity contribution in [2.45, 2.75) is 45.3 Å². The molecule has 12 nitrogen and oxygen atoms in total. The summed E-state index contributed by atoms with van der Waals surface area (Å²) in [7, 11) is 0. The van der Waals surface area contributed by atoms with Crippen molar-refractivity contribution in [1.29, 1.82) is 0 Å². The van der Waals surface area contributed by atoms with Gasteiger partial charge < -0.3 is 24.1 Å². The minimum atomic E-state index is -1.36. The van der Waals surface area contributed by atoms with Crippen molar-refractivity contribution >= 4 is 23.9 Å². The third kappa shape index (κ3) is 4.53. The van der Waals surface area contributed by atoms with Crippen LogP contribution in [0.4, 0.5) is 0 Å². The van der Waals surface area contributed by atoms with E-state index >= 15 is 0 Å².